The first-order chi connectivity index (χ1) is 11.9. The van der Waals surface area contributed by atoms with Crippen molar-refractivity contribution in [2.75, 3.05) is 4.72 Å². The topological polar surface area (TPSA) is 55.4 Å². The lowest BCUT2D eigenvalue weighted by atomic mass is 10.2. The van der Waals surface area contributed by atoms with Crippen molar-refractivity contribution in [2.24, 2.45) is 0 Å². The van der Waals surface area contributed by atoms with Gasteiger partial charge in [0, 0.05) is 0 Å². The molecule has 0 heterocycles. The first-order valence-corrected chi connectivity index (χ1v) is 9.35. The number of para-hydroxylation sites is 2. The summed E-state index contributed by atoms with van der Waals surface area (Å²) in [6.45, 7) is 3.88. The van der Waals surface area contributed by atoms with Gasteiger partial charge in [-0.2, -0.15) is 0 Å². The predicted octanol–water partition coefficient (Wildman–Crippen LogP) is 4.90. The van der Waals surface area contributed by atoms with E-state index in [9.17, 15) is 8.42 Å². The average Bonchev–Trinajstić information content (AvgIpc) is 2.57. The van der Waals surface area contributed by atoms with Crippen LogP contribution < -0.4 is 9.46 Å². The number of hydrogen-bond donors (Lipinski definition) is 1. The smallest absolute Gasteiger partial charge is 0.262 e. The summed E-state index contributed by atoms with van der Waals surface area (Å²) in [6.07, 6.45) is 0. The summed E-state index contributed by atoms with van der Waals surface area (Å²) in [7, 11) is -3.68. The maximum Gasteiger partial charge on any atom is 0.262 e. The summed E-state index contributed by atoms with van der Waals surface area (Å²) in [6, 6.07) is 21.3. The van der Waals surface area contributed by atoms with E-state index in [2.05, 4.69) is 4.72 Å². The summed E-state index contributed by atoms with van der Waals surface area (Å²) in [5.74, 6) is 1.10. The summed E-state index contributed by atoms with van der Waals surface area (Å²) in [5.41, 5.74) is 2.46. The highest BCUT2D eigenvalue weighted by molar-refractivity contribution is 7.92. The van der Waals surface area contributed by atoms with Crippen LogP contribution in [-0.4, -0.2) is 8.42 Å². The van der Waals surface area contributed by atoms with Crippen molar-refractivity contribution in [3.63, 3.8) is 0 Å². The fourth-order valence-electron chi connectivity index (χ4n) is 2.37. The van der Waals surface area contributed by atoms with Crippen LogP contribution in [0.25, 0.3) is 0 Å². The molecule has 0 amide bonds. The van der Waals surface area contributed by atoms with E-state index in [1.807, 2.05) is 38.1 Å². The molecule has 0 atom stereocenters. The van der Waals surface area contributed by atoms with Gasteiger partial charge in [-0.1, -0.05) is 42.0 Å². The molecule has 0 aromatic heterocycles. The van der Waals surface area contributed by atoms with Crippen LogP contribution in [0.3, 0.4) is 0 Å². The molecule has 3 rings (SSSR count). The Balaban J connectivity index is 1.89. The molecule has 0 saturated carbocycles. The summed E-state index contributed by atoms with van der Waals surface area (Å²) in [5, 5.41) is 0. The Labute approximate surface area is 148 Å². The fourth-order valence-corrected chi connectivity index (χ4v) is 3.44. The number of nitrogens with one attached hydrogen (secondary N) is 1. The molecular formula is C20H19NO3S. The van der Waals surface area contributed by atoms with Crippen molar-refractivity contribution >= 4 is 15.7 Å². The first-order valence-electron chi connectivity index (χ1n) is 7.87. The second-order valence-corrected chi connectivity index (χ2v) is 7.52. The molecule has 0 radical (unpaired) electrons. The molecule has 0 aliphatic carbocycles. The number of hydrogen-bond acceptors (Lipinski definition) is 3. The quantitative estimate of drug-likeness (QED) is 0.710. The van der Waals surface area contributed by atoms with Gasteiger partial charge >= 0.3 is 0 Å². The minimum Gasteiger partial charge on any atom is -0.455 e. The molecular weight excluding hydrogens is 334 g/mol. The molecule has 0 unspecified atom stereocenters. The molecule has 128 valence electrons. The maximum absolute atomic E-state index is 12.6. The monoisotopic (exact) mass is 353 g/mol. The number of ether oxygens (including phenoxy) is 1. The Morgan fingerprint density at radius 1 is 0.800 bits per heavy atom. The third-order valence-electron chi connectivity index (χ3n) is 3.68. The zero-order valence-electron chi connectivity index (χ0n) is 14.1. The zero-order valence-corrected chi connectivity index (χ0v) is 14.9. The van der Waals surface area contributed by atoms with E-state index in [-0.39, 0.29) is 4.90 Å². The van der Waals surface area contributed by atoms with Crippen molar-refractivity contribution in [3.8, 4) is 11.5 Å². The minimum absolute atomic E-state index is 0.212. The molecule has 0 bridgehead atoms. The summed E-state index contributed by atoms with van der Waals surface area (Å²) >= 11 is 0. The molecule has 3 aromatic carbocycles. The number of benzene rings is 3. The summed E-state index contributed by atoms with van der Waals surface area (Å²) < 4.78 is 33.7. The predicted molar refractivity (Wildman–Crippen MR) is 99.7 cm³/mol. The summed E-state index contributed by atoms with van der Waals surface area (Å²) in [4.78, 5) is 0.212. The van der Waals surface area contributed by atoms with Gasteiger partial charge < -0.3 is 4.74 Å². The maximum atomic E-state index is 12.6. The van der Waals surface area contributed by atoms with Crippen LogP contribution in [0, 0.1) is 13.8 Å². The van der Waals surface area contributed by atoms with E-state index >= 15 is 0 Å². The van der Waals surface area contributed by atoms with E-state index in [0.29, 0.717) is 17.2 Å². The lowest BCUT2D eigenvalue weighted by molar-refractivity contribution is 0.484. The lowest BCUT2D eigenvalue weighted by Gasteiger charge is -2.14. The molecule has 3 aromatic rings. The molecule has 5 heteroatoms. The van der Waals surface area contributed by atoms with Crippen LogP contribution in [0.4, 0.5) is 5.69 Å². The van der Waals surface area contributed by atoms with E-state index in [0.717, 1.165) is 11.1 Å². The van der Waals surface area contributed by atoms with Gasteiger partial charge in [-0.05, 0) is 55.8 Å². The molecule has 0 aliphatic heterocycles. The highest BCUT2D eigenvalue weighted by atomic mass is 32.2. The van der Waals surface area contributed by atoms with Crippen LogP contribution in [0.2, 0.25) is 0 Å². The molecule has 0 saturated heterocycles. The van der Waals surface area contributed by atoms with Crippen LogP contribution in [-0.2, 0) is 10.0 Å². The van der Waals surface area contributed by atoms with Gasteiger partial charge in [0.05, 0.1) is 10.6 Å². The van der Waals surface area contributed by atoms with Gasteiger partial charge in [0.15, 0.2) is 5.75 Å². The van der Waals surface area contributed by atoms with Crippen molar-refractivity contribution in [2.45, 2.75) is 18.7 Å². The SMILES string of the molecule is Cc1ccc(S(=O)(=O)Nc2ccccc2Oc2cccc(C)c2)cc1. The minimum atomic E-state index is -3.68. The van der Waals surface area contributed by atoms with Crippen LogP contribution in [0.1, 0.15) is 11.1 Å². The Morgan fingerprint density at radius 3 is 2.24 bits per heavy atom. The van der Waals surface area contributed by atoms with Gasteiger partial charge in [0.1, 0.15) is 5.75 Å². The average molecular weight is 353 g/mol. The number of sulfonamides is 1. The van der Waals surface area contributed by atoms with Crippen LogP contribution >= 0.6 is 0 Å². The normalized spacial score (nSPS) is 11.1. The third kappa shape index (κ3) is 4.19. The van der Waals surface area contributed by atoms with Crippen LogP contribution in [0.15, 0.2) is 77.7 Å². The van der Waals surface area contributed by atoms with E-state index in [4.69, 9.17) is 4.74 Å². The number of anilines is 1. The van der Waals surface area contributed by atoms with Gasteiger partial charge in [0.25, 0.3) is 10.0 Å². The second-order valence-electron chi connectivity index (χ2n) is 5.83. The third-order valence-corrected chi connectivity index (χ3v) is 5.06. The van der Waals surface area contributed by atoms with E-state index in [1.54, 1.807) is 48.5 Å². The molecule has 0 spiro atoms. The zero-order chi connectivity index (χ0) is 17.9. The Morgan fingerprint density at radius 2 is 1.52 bits per heavy atom. The van der Waals surface area contributed by atoms with Crippen molar-refractivity contribution in [3.05, 3.63) is 83.9 Å². The van der Waals surface area contributed by atoms with Crippen molar-refractivity contribution in [1.29, 1.82) is 0 Å². The molecule has 0 aliphatic rings. The van der Waals surface area contributed by atoms with Gasteiger partial charge in [0.2, 0.25) is 0 Å². The molecule has 0 fully saturated rings. The molecule has 1 N–H and O–H groups in total. The van der Waals surface area contributed by atoms with Gasteiger partial charge in [-0.15, -0.1) is 0 Å². The van der Waals surface area contributed by atoms with Crippen LogP contribution in [0.5, 0.6) is 11.5 Å². The highest BCUT2D eigenvalue weighted by Crippen LogP contribution is 2.31. The lowest BCUT2D eigenvalue weighted by Crippen LogP contribution is -2.13. The fraction of sp³-hybridized carbons (Fsp3) is 0.100. The highest BCUT2D eigenvalue weighted by Gasteiger charge is 2.16. The second kappa shape index (κ2) is 6.99. The Kier molecular flexibility index (Phi) is 4.76. The molecule has 25 heavy (non-hydrogen) atoms. The van der Waals surface area contributed by atoms with E-state index < -0.39 is 10.0 Å². The largest absolute Gasteiger partial charge is 0.455 e. The number of aryl methyl sites for hydroxylation is 2. The number of rotatable bonds is 5. The molecule has 4 nitrogen and oxygen atoms in total. The van der Waals surface area contributed by atoms with Gasteiger partial charge in [-0.3, -0.25) is 4.72 Å². The van der Waals surface area contributed by atoms with Gasteiger partial charge in [-0.25, -0.2) is 8.42 Å². The van der Waals surface area contributed by atoms with E-state index in [1.165, 1.54) is 0 Å². The Hall–Kier alpha value is -2.79. The van der Waals surface area contributed by atoms with Crippen molar-refractivity contribution in [1.82, 2.24) is 0 Å². The standard InChI is InChI=1S/C20H19NO3S/c1-15-10-12-18(13-11-15)25(22,23)21-19-8-3-4-9-20(19)24-17-7-5-6-16(2)14-17/h3-14,21H,1-2H3. The van der Waals surface area contributed by atoms with Crippen molar-refractivity contribution < 1.29 is 13.2 Å². The first kappa shape index (κ1) is 17.0. The Bertz CT molecular complexity index is 980.